The third-order valence-corrected chi connectivity index (χ3v) is 5.68. The van der Waals surface area contributed by atoms with Crippen LogP contribution >= 0.6 is 11.6 Å². The van der Waals surface area contributed by atoms with Gasteiger partial charge in [0.2, 0.25) is 11.8 Å². The van der Waals surface area contributed by atoms with Crippen LogP contribution in [-0.4, -0.2) is 50.1 Å². The van der Waals surface area contributed by atoms with Crippen molar-refractivity contribution in [1.29, 1.82) is 0 Å². The molecule has 1 saturated carbocycles. The summed E-state index contributed by atoms with van der Waals surface area (Å²) in [4.78, 5) is 38.7. The monoisotopic (exact) mass is 473 g/mol. The van der Waals surface area contributed by atoms with Crippen LogP contribution in [0.3, 0.4) is 0 Å². The molecule has 0 radical (unpaired) electrons. The molecule has 4 rings (SSSR count). The number of carbonyl (C=O) groups excluding carboxylic acids is 3. The largest absolute Gasteiger partial charge is 0.508 e. The molecule has 9 nitrogen and oxygen atoms in total. The second-order valence-corrected chi connectivity index (χ2v) is 8.22. The molecule has 0 saturated heterocycles. The molecule has 1 heterocycles. The molecule has 4 N–H and O–H groups in total. The number of hydrogen-bond donors (Lipinski definition) is 3. The number of aromatic nitrogens is 2. The number of nitrogens with zero attached hydrogens (tertiary/aromatic N) is 3. The van der Waals surface area contributed by atoms with Gasteiger partial charge in [-0.05, 0) is 31.0 Å². The summed E-state index contributed by atoms with van der Waals surface area (Å²) in [5, 5.41) is 16.9. The predicted octanol–water partition coefficient (Wildman–Crippen LogP) is 1.94. The van der Waals surface area contributed by atoms with E-state index in [2.05, 4.69) is 10.4 Å². The Kier molecular flexibility index (Phi) is 6.19. The van der Waals surface area contributed by atoms with Gasteiger partial charge >= 0.3 is 0 Å². The summed E-state index contributed by atoms with van der Waals surface area (Å²) in [7, 11) is 0. The van der Waals surface area contributed by atoms with Gasteiger partial charge in [0.1, 0.15) is 18.1 Å². The molecule has 0 bridgehead atoms. The molecular formula is C22H21ClFN5O4. The number of aromatic hydroxyl groups is 1. The number of carbonyl (C=O) groups is 3. The number of amides is 3. The lowest BCUT2D eigenvalue weighted by Gasteiger charge is -2.22. The molecule has 2 aromatic carbocycles. The summed E-state index contributed by atoms with van der Waals surface area (Å²) in [6, 6.07) is 8.70. The van der Waals surface area contributed by atoms with Crippen molar-refractivity contribution in [3.63, 3.8) is 0 Å². The molecule has 0 spiro atoms. The third-order valence-electron chi connectivity index (χ3n) is 5.38. The van der Waals surface area contributed by atoms with Gasteiger partial charge in [-0.15, -0.1) is 0 Å². The topological polar surface area (TPSA) is 131 Å². The van der Waals surface area contributed by atoms with Crippen LogP contribution < -0.4 is 11.1 Å². The minimum absolute atomic E-state index is 0.0166. The van der Waals surface area contributed by atoms with E-state index in [1.54, 1.807) is 6.07 Å². The quantitative estimate of drug-likeness (QED) is 0.460. The first-order valence-corrected chi connectivity index (χ1v) is 10.6. The first-order valence-electron chi connectivity index (χ1n) is 10.2. The molecule has 1 fully saturated rings. The maximum Gasteiger partial charge on any atom is 0.269 e. The van der Waals surface area contributed by atoms with Gasteiger partial charge in [0.05, 0.1) is 17.1 Å². The fourth-order valence-corrected chi connectivity index (χ4v) is 3.77. The number of fused-ring (bicyclic) bond motifs is 1. The number of phenolic OH excluding ortho intramolecular Hbond substituents is 1. The first kappa shape index (κ1) is 22.5. The Bertz CT molecular complexity index is 1260. The second kappa shape index (κ2) is 9.07. The normalized spacial score (nSPS) is 13.2. The molecule has 1 aliphatic rings. The van der Waals surface area contributed by atoms with Gasteiger partial charge in [-0.1, -0.05) is 23.7 Å². The first-order chi connectivity index (χ1) is 15.7. The SMILES string of the molecule is NC(=O)c1nn(CC(=O)N(CC(=O)NCc2cccc(Cl)c2F)C2CC2)c2cc(O)ccc12. The standard InChI is InChI=1S/C22H21ClFN5O4/c23-16-3-1-2-12(20(16)24)9-26-18(31)10-28(13-4-5-13)19(32)11-29-17-8-14(30)6-7-15(17)21(27-29)22(25)33/h1-3,6-8,13,30H,4-5,9-11H2,(H2,25,33)(H,26,31). The Morgan fingerprint density at radius 2 is 2.03 bits per heavy atom. The Balaban J connectivity index is 1.47. The number of phenols is 1. The number of hydrogen-bond acceptors (Lipinski definition) is 5. The molecule has 0 atom stereocenters. The average molecular weight is 474 g/mol. The van der Waals surface area contributed by atoms with Crippen molar-refractivity contribution in [3.05, 3.63) is 58.5 Å². The van der Waals surface area contributed by atoms with Gasteiger partial charge < -0.3 is 21.1 Å². The highest BCUT2D eigenvalue weighted by atomic mass is 35.5. The van der Waals surface area contributed by atoms with Crippen molar-refractivity contribution in [2.45, 2.75) is 32.0 Å². The Morgan fingerprint density at radius 1 is 1.27 bits per heavy atom. The van der Waals surface area contributed by atoms with Crippen molar-refractivity contribution >= 4 is 40.2 Å². The summed E-state index contributed by atoms with van der Waals surface area (Å²) in [6.45, 7) is -0.526. The van der Waals surface area contributed by atoms with Gasteiger partial charge in [-0.3, -0.25) is 19.1 Å². The maximum absolute atomic E-state index is 14.0. The van der Waals surface area contributed by atoms with Gasteiger partial charge in [-0.25, -0.2) is 4.39 Å². The van der Waals surface area contributed by atoms with Crippen LogP contribution in [-0.2, 0) is 22.7 Å². The van der Waals surface area contributed by atoms with Gasteiger partial charge in [0.15, 0.2) is 5.69 Å². The van der Waals surface area contributed by atoms with Gasteiger partial charge in [0, 0.05) is 29.6 Å². The highest BCUT2D eigenvalue weighted by Gasteiger charge is 2.34. The molecule has 172 valence electrons. The van der Waals surface area contributed by atoms with E-state index in [4.69, 9.17) is 17.3 Å². The fraction of sp³-hybridized carbons (Fsp3) is 0.273. The molecule has 0 unspecified atom stereocenters. The predicted molar refractivity (Wildman–Crippen MR) is 118 cm³/mol. The highest BCUT2D eigenvalue weighted by Crippen LogP contribution is 2.28. The summed E-state index contributed by atoms with van der Waals surface area (Å²) < 4.78 is 15.3. The minimum atomic E-state index is -0.761. The number of halogens is 2. The molecule has 1 aromatic heterocycles. The van der Waals surface area contributed by atoms with E-state index in [0.29, 0.717) is 10.9 Å². The van der Waals surface area contributed by atoms with Gasteiger partial charge in [-0.2, -0.15) is 5.10 Å². The molecule has 33 heavy (non-hydrogen) atoms. The Hall–Kier alpha value is -3.66. The van der Waals surface area contributed by atoms with E-state index in [9.17, 15) is 23.9 Å². The van der Waals surface area contributed by atoms with Crippen LogP contribution in [0.1, 0.15) is 28.9 Å². The summed E-state index contributed by atoms with van der Waals surface area (Å²) in [6.07, 6.45) is 1.52. The van der Waals surface area contributed by atoms with Crippen LogP contribution in [0, 0.1) is 5.82 Å². The van der Waals surface area contributed by atoms with Crippen molar-refractivity contribution in [3.8, 4) is 5.75 Å². The van der Waals surface area contributed by atoms with E-state index < -0.39 is 17.6 Å². The molecule has 11 heteroatoms. The molecule has 0 aliphatic heterocycles. The third kappa shape index (κ3) is 4.90. The van der Waals surface area contributed by atoms with Crippen LogP contribution in [0.4, 0.5) is 4.39 Å². The zero-order chi connectivity index (χ0) is 23.7. The zero-order valence-corrected chi connectivity index (χ0v) is 18.2. The Labute approximate surface area is 192 Å². The van der Waals surface area contributed by atoms with E-state index in [-0.39, 0.29) is 53.6 Å². The molecule has 1 aliphatic carbocycles. The minimum Gasteiger partial charge on any atom is -0.508 e. The van der Waals surface area contributed by atoms with Crippen molar-refractivity contribution in [2.75, 3.05) is 6.54 Å². The lowest BCUT2D eigenvalue weighted by molar-refractivity contribution is -0.137. The van der Waals surface area contributed by atoms with E-state index >= 15 is 0 Å². The number of nitrogens with two attached hydrogens (primary N) is 1. The number of rotatable bonds is 8. The highest BCUT2D eigenvalue weighted by molar-refractivity contribution is 6.30. The number of benzene rings is 2. The van der Waals surface area contributed by atoms with Crippen LogP contribution in [0.25, 0.3) is 10.9 Å². The van der Waals surface area contributed by atoms with E-state index in [0.717, 1.165) is 12.8 Å². The summed E-state index contributed by atoms with van der Waals surface area (Å²) in [5.74, 6) is -2.25. The van der Waals surface area contributed by atoms with Crippen molar-refractivity contribution in [2.24, 2.45) is 5.73 Å². The van der Waals surface area contributed by atoms with Crippen molar-refractivity contribution in [1.82, 2.24) is 20.0 Å². The van der Waals surface area contributed by atoms with Crippen LogP contribution in [0.15, 0.2) is 36.4 Å². The van der Waals surface area contributed by atoms with E-state index in [1.165, 1.54) is 39.9 Å². The average Bonchev–Trinajstić information content (AvgIpc) is 3.55. The molecular weight excluding hydrogens is 453 g/mol. The molecule has 3 amide bonds. The van der Waals surface area contributed by atoms with E-state index in [1.807, 2.05) is 0 Å². The number of nitrogens with one attached hydrogen (secondary N) is 1. The smallest absolute Gasteiger partial charge is 0.269 e. The molecule has 3 aromatic rings. The lowest BCUT2D eigenvalue weighted by atomic mass is 10.2. The maximum atomic E-state index is 14.0. The van der Waals surface area contributed by atoms with Crippen LogP contribution in [0.5, 0.6) is 5.75 Å². The summed E-state index contributed by atoms with van der Waals surface area (Å²) >= 11 is 5.76. The van der Waals surface area contributed by atoms with Gasteiger partial charge in [0.25, 0.3) is 5.91 Å². The Morgan fingerprint density at radius 3 is 2.73 bits per heavy atom. The second-order valence-electron chi connectivity index (χ2n) is 7.81. The lowest BCUT2D eigenvalue weighted by Crippen LogP contribution is -2.43. The zero-order valence-electron chi connectivity index (χ0n) is 17.4. The fourth-order valence-electron chi connectivity index (χ4n) is 3.58. The number of primary amides is 1. The summed E-state index contributed by atoms with van der Waals surface area (Å²) in [5.41, 5.74) is 5.98. The van der Waals surface area contributed by atoms with Crippen LogP contribution in [0.2, 0.25) is 5.02 Å². The van der Waals surface area contributed by atoms with Crippen molar-refractivity contribution < 1.29 is 23.9 Å².